The summed E-state index contributed by atoms with van der Waals surface area (Å²) in [6, 6.07) is 3.47. The van der Waals surface area contributed by atoms with Gasteiger partial charge in [-0.3, -0.25) is 4.98 Å². The minimum absolute atomic E-state index is 0.176. The lowest BCUT2D eigenvalue weighted by atomic mass is 9.97. The number of pyridine rings is 1. The van der Waals surface area contributed by atoms with Crippen molar-refractivity contribution in [3.05, 3.63) is 29.8 Å². The van der Waals surface area contributed by atoms with Gasteiger partial charge >= 0.3 is 0 Å². The molecule has 3 nitrogen and oxygen atoms in total. The Morgan fingerprint density at radius 3 is 2.62 bits per heavy atom. The molecular formula is C17H30FN3. The van der Waals surface area contributed by atoms with Gasteiger partial charge in [0, 0.05) is 6.54 Å². The van der Waals surface area contributed by atoms with Gasteiger partial charge in [0.25, 0.3) is 0 Å². The summed E-state index contributed by atoms with van der Waals surface area (Å²) in [5.41, 5.74) is 0.932. The first kappa shape index (κ1) is 18.1. The summed E-state index contributed by atoms with van der Waals surface area (Å²) in [6.45, 7) is 9.69. The van der Waals surface area contributed by atoms with Crippen LogP contribution in [0.25, 0.3) is 0 Å². The summed E-state index contributed by atoms with van der Waals surface area (Å²) < 4.78 is 13.1. The SMILES string of the molecule is CCCCN(C)CC(C)C(NCCC)c1ccc(F)cn1. The molecule has 1 N–H and O–H groups in total. The molecule has 0 bridgehead atoms. The van der Waals surface area contributed by atoms with Gasteiger partial charge in [0.1, 0.15) is 5.82 Å². The zero-order valence-corrected chi connectivity index (χ0v) is 13.9. The molecule has 0 saturated heterocycles. The Labute approximate surface area is 129 Å². The van der Waals surface area contributed by atoms with Crippen molar-refractivity contribution in [2.24, 2.45) is 5.92 Å². The third-order valence-corrected chi connectivity index (χ3v) is 3.75. The highest BCUT2D eigenvalue weighted by molar-refractivity contribution is 5.11. The molecule has 4 heteroatoms. The van der Waals surface area contributed by atoms with Gasteiger partial charge in [0.2, 0.25) is 0 Å². The van der Waals surface area contributed by atoms with Crippen molar-refractivity contribution in [2.45, 2.75) is 46.1 Å². The summed E-state index contributed by atoms with van der Waals surface area (Å²) in [6.07, 6.45) is 4.83. The fourth-order valence-electron chi connectivity index (χ4n) is 2.58. The van der Waals surface area contributed by atoms with Gasteiger partial charge in [-0.25, -0.2) is 4.39 Å². The molecule has 0 aliphatic carbocycles. The average Bonchev–Trinajstić information content (AvgIpc) is 2.47. The van der Waals surface area contributed by atoms with Gasteiger partial charge in [-0.15, -0.1) is 0 Å². The van der Waals surface area contributed by atoms with Crippen LogP contribution in [0.2, 0.25) is 0 Å². The molecule has 0 aromatic carbocycles. The minimum atomic E-state index is -0.277. The van der Waals surface area contributed by atoms with Gasteiger partial charge < -0.3 is 10.2 Å². The van der Waals surface area contributed by atoms with E-state index in [0.717, 1.165) is 31.7 Å². The maximum absolute atomic E-state index is 13.1. The summed E-state index contributed by atoms with van der Waals surface area (Å²) >= 11 is 0. The quantitative estimate of drug-likeness (QED) is 0.714. The van der Waals surface area contributed by atoms with E-state index < -0.39 is 0 Å². The topological polar surface area (TPSA) is 28.2 Å². The molecule has 0 amide bonds. The second-order valence-electron chi connectivity index (χ2n) is 5.93. The summed E-state index contributed by atoms with van der Waals surface area (Å²) in [7, 11) is 2.17. The third kappa shape index (κ3) is 6.53. The number of hydrogen-bond donors (Lipinski definition) is 1. The Hall–Kier alpha value is -1.00. The van der Waals surface area contributed by atoms with Crippen LogP contribution < -0.4 is 5.32 Å². The van der Waals surface area contributed by atoms with Crippen molar-refractivity contribution in [1.29, 1.82) is 0 Å². The Bertz CT molecular complexity index is 380. The second-order valence-corrected chi connectivity index (χ2v) is 5.93. The lowest BCUT2D eigenvalue weighted by molar-refractivity contribution is 0.242. The van der Waals surface area contributed by atoms with Crippen LogP contribution in [-0.4, -0.2) is 36.6 Å². The Morgan fingerprint density at radius 1 is 1.29 bits per heavy atom. The van der Waals surface area contributed by atoms with E-state index in [0.29, 0.717) is 5.92 Å². The molecule has 0 radical (unpaired) electrons. The molecule has 1 rings (SSSR count). The number of halogens is 1. The normalized spacial score (nSPS) is 14.4. The Balaban J connectivity index is 2.69. The number of rotatable bonds is 10. The smallest absolute Gasteiger partial charge is 0.141 e. The van der Waals surface area contributed by atoms with Crippen molar-refractivity contribution in [3.8, 4) is 0 Å². The fraction of sp³-hybridized carbons (Fsp3) is 0.706. The van der Waals surface area contributed by atoms with Gasteiger partial charge in [-0.1, -0.05) is 27.2 Å². The summed E-state index contributed by atoms with van der Waals surface area (Å²) in [4.78, 5) is 6.64. The first-order valence-corrected chi connectivity index (χ1v) is 8.11. The van der Waals surface area contributed by atoms with Crippen molar-refractivity contribution in [3.63, 3.8) is 0 Å². The van der Waals surface area contributed by atoms with Crippen LogP contribution in [0, 0.1) is 11.7 Å². The Kier molecular flexibility index (Phi) is 8.47. The minimum Gasteiger partial charge on any atom is -0.308 e. The van der Waals surface area contributed by atoms with Gasteiger partial charge in [0.15, 0.2) is 0 Å². The van der Waals surface area contributed by atoms with Crippen molar-refractivity contribution >= 4 is 0 Å². The van der Waals surface area contributed by atoms with E-state index in [1.54, 1.807) is 6.07 Å². The van der Waals surface area contributed by atoms with E-state index in [9.17, 15) is 4.39 Å². The largest absolute Gasteiger partial charge is 0.308 e. The van der Waals surface area contributed by atoms with Gasteiger partial charge in [0.05, 0.1) is 17.9 Å². The van der Waals surface area contributed by atoms with Crippen LogP contribution in [0.3, 0.4) is 0 Å². The van der Waals surface area contributed by atoms with Crippen molar-refractivity contribution < 1.29 is 4.39 Å². The zero-order valence-electron chi connectivity index (χ0n) is 13.9. The van der Waals surface area contributed by atoms with Crippen molar-refractivity contribution in [2.75, 3.05) is 26.7 Å². The number of nitrogens with zero attached hydrogens (tertiary/aromatic N) is 2. The number of aromatic nitrogens is 1. The Morgan fingerprint density at radius 2 is 2.05 bits per heavy atom. The molecule has 1 aromatic heterocycles. The molecule has 0 spiro atoms. The maximum atomic E-state index is 13.1. The first-order chi connectivity index (χ1) is 10.1. The fourth-order valence-corrected chi connectivity index (χ4v) is 2.58. The lowest BCUT2D eigenvalue weighted by Crippen LogP contribution is -2.35. The highest BCUT2D eigenvalue weighted by atomic mass is 19.1. The number of hydrogen-bond acceptors (Lipinski definition) is 3. The predicted molar refractivity (Wildman–Crippen MR) is 86.8 cm³/mol. The molecular weight excluding hydrogens is 265 g/mol. The van der Waals surface area contributed by atoms with Crippen LogP contribution in [-0.2, 0) is 0 Å². The van der Waals surface area contributed by atoms with Crippen LogP contribution in [0.15, 0.2) is 18.3 Å². The van der Waals surface area contributed by atoms with Gasteiger partial charge in [-0.05, 0) is 51.0 Å². The third-order valence-electron chi connectivity index (χ3n) is 3.75. The lowest BCUT2D eigenvalue weighted by Gasteiger charge is -2.28. The van der Waals surface area contributed by atoms with Gasteiger partial charge in [-0.2, -0.15) is 0 Å². The van der Waals surface area contributed by atoms with E-state index in [1.807, 2.05) is 0 Å². The van der Waals surface area contributed by atoms with E-state index in [-0.39, 0.29) is 11.9 Å². The van der Waals surface area contributed by atoms with Crippen LogP contribution in [0.4, 0.5) is 4.39 Å². The molecule has 2 atom stereocenters. The molecule has 0 aliphatic rings. The number of unbranched alkanes of at least 4 members (excludes halogenated alkanes) is 1. The van der Waals surface area contributed by atoms with Crippen molar-refractivity contribution in [1.82, 2.24) is 15.2 Å². The summed E-state index contributed by atoms with van der Waals surface area (Å²) in [5, 5.41) is 3.55. The van der Waals surface area contributed by atoms with E-state index in [1.165, 1.54) is 25.1 Å². The molecule has 1 aromatic rings. The van der Waals surface area contributed by atoms with Crippen LogP contribution in [0.5, 0.6) is 0 Å². The number of nitrogens with one attached hydrogen (secondary N) is 1. The van der Waals surface area contributed by atoms with E-state index in [4.69, 9.17) is 0 Å². The molecule has 0 fully saturated rings. The molecule has 2 unspecified atom stereocenters. The van der Waals surface area contributed by atoms with E-state index >= 15 is 0 Å². The standard InChI is InChI=1S/C17H30FN3/c1-5-7-11-21(4)13-14(3)17(19-10-6-2)16-9-8-15(18)12-20-16/h8-9,12,14,17,19H,5-7,10-11,13H2,1-4H3. The molecule has 21 heavy (non-hydrogen) atoms. The van der Waals surface area contributed by atoms with E-state index in [2.05, 4.69) is 43.0 Å². The maximum Gasteiger partial charge on any atom is 0.141 e. The molecule has 0 aliphatic heterocycles. The predicted octanol–water partition coefficient (Wildman–Crippen LogP) is 3.63. The van der Waals surface area contributed by atoms with Crippen LogP contribution >= 0.6 is 0 Å². The average molecular weight is 295 g/mol. The second kappa shape index (κ2) is 9.85. The monoisotopic (exact) mass is 295 g/mol. The zero-order chi connectivity index (χ0) is 15.7. The summed E-state index contributed by atoms with van der Waals surface area (Å²) in [5.74, 6) is 0.150. The highest BCUT2D eigenvalue weighted by Gasteiger charge is 2.21. The molecule has 0 saturated carbocycles. The van der Waals surface area contributed by atoms with Crippen LogP contribution in [0.1, 0.15) is 51.8 Å². The first-order valence-electron chi connectivity index (χ1n) is 8.11. The molecule has 1 heterocycles. The highest BCUT2D eigenvalue weighted by Crippen LogP contribution is 2.21. The molecule has 120 valence electrons.